The van der Waals surface area contributed by atoms with Gasteiger partial charge in [-0.15, -0.1) is 10.2 Å². The molecule has 1 N–H and O–H groups in total. The second kappa shape index (κ2) is 9.68. The van der Waals surface area contributed by atoms with Crippen LogP contribution in [0.15, 0.2) is 28.1 Å². The second-order valence-corrected chi connectivity index (χ2v) is 7.38. The average molecular weight is 377 g/mol. The number of thiophene rings is 1. The number of nitrogens with zero attached hydrogens (tertiary/aromatic N) is 5. The smallest absolute Gasteiger partial charge is 0.194 e. The second-order valence-electron chi connectivity index (χ2n) is 6.60. The van der Waals surface area contributed by atoms with Gasteiger partial charge in [0.15, 0.2) is 5.96 Å². The minimum absolute atomic E-state index is 0.533. The minimum atomic E-state index is 0.533. The van der Waals surface area contributed by atoms with Crippen molar-refractivity contribution in [1.29, 1.82) is 0 Å². The molecule has 0 spiro atoms. The van der Waals surface area contributed by atoms with Crippen molar-refractivity contribution < 1.29 is 4.74 Å². The van der Waals surface area contributed by atoms with E-state index in [2.05, 4.69) is 55.8 Å². The Bertz CT molecular complexity index is 678. The molecule has 0 bridgehead atoms. The van der Waals surface area contributed by atoms with Crippen LogP contribution in [0.2, 0.25) is 0 Å². The lowest BCUT2D eigenvalue weighted by Gasteiger charge is -2.23. The third kappa shape index (κ3) is 5.28. The van der Waals surface area contributed by atoms with Crippen molar-refractivity contribution in [2.24, 2.45) is 10.9 Å². The first-order chi connectivity index (χ1) is 12.8. The van der Waals surface area contributed by atoms with E-state index in [4.69, 9.17) is 9.73 Å². The largest absolute Gasteiger partial charge is 0.381 e. The first kappa shape index (κ1) is 18.8. The van der Waals surface area contributed by atoms with E-state index in [0.29, 0.717) is 5.92 Å². The molecular weight excluding hydrogens is 348 g/mol. The van der Waals surface area contributed by atoms with Crippen LogP contribution in [0.1, 0.15) is 24.7 Å². The van der Waals surface area contributed by atoms with E-state index in [-0.39, 0.29) is 0 Å². The van der Waals surface area contributed by atoms with E-state index in [1.54, 1.807) is 17.7 Å². The highest BCUT2D eigenvalue weighted by atomic mass is 32.1. The zero-order chi connectivity index (χ0) is 18.2. The predicted molar refractivity (Wildman–Crippen MR) is 104 cm³/mol. The molecular formula is C18H28N6OS. The standard InChI is InChI=1S/C18H28N6OS/c1-3-17-22-21-14-24(17)7-6-19-18(20-10-15-4-8-25-12-15)23(2)11-16-5-9-26-13-16/h5,9,13-15H,3-4,6-8,10-12H2,1-2H3,(H,19,20). The molecule has 1 saturated heterocycles. The number of nitrogens with one attached hydrogen (secondary N) is 1. The van der Waals surface area contributed by atoms with Gasteiger partial charge in [0.25, 0.3) is 0 Å². The van der Waals surface area contributed by atoms with Crippen LogP contribution in [0.4, 0.5) is 0 Å². The van der Waals surface area contributed by atoms with Gasteiger partial charge in [-0.3, -0.25) is 4.99 Å². The summed E-state index contributed by atoms with van der Waals surface area (Å²) in [6, 6.07) is 2.16. The molecule has 0 radical (unpaired) electrons. The monoisotopic (exact) mass is 376 g/mol. The Morgan fingerprint density at radius 3 is 3.19 bits per heavy atom. The number of hydrogen-bond donors (Lipinski definition) is 1. The van der Waals surface area contributed by atoms with Crippen LogP contribution in [-0.4, -0.2) is 59.0 Å². The van der Waals surface area contributed by atoms with Gasteiger partial charge in [0.2, 0.25) is 0 Å². The maximum Gasteiger partial charge on any atom is 0.194 e. The van der Waals surface area contributed by atoms with Gasteiger partial charge in [0, 0.05) is 52.2 Å². The van der Waals surface area contributed by atoms with Gasteiger partial charge in [0.05, 0.1) is 6.61 Å². The van der Waals surface area contributed by atoms with Gasteiger partial charge < -0.3 is 19.5 Å². The molecule has 1 fully saturated rings. The molecule has 0 aromatic carbocycles. The summed E-state index contributed by atoms with van der Waals surface area (Å²) in [5.74, 6) is 2.49. The number of aromatic nitrogens is 3. The summed E-state index contributed by atoms with van der Waals surface area (Å²) in [5.41, 5.74) is 1.31. The van der Waals surface area contributed by atoms with Gasteiger partial charge in [-0.05, 0) is 28.8 Å². The molecule has 7 nitrogen and oxygen atoms in total. The fourth-order valence-corrected chi connectivity index (χ4v) is 3.67. The summed E-state index contributed by atoms with van der Waals surface area (Å²) in [6.45, 7) is 7.06. The summed E-state index contributed by atoms with van der Waals surface area (Å²) >= 11 is 1.73. The van der Waals surface area contributed by atoms with Crippen LogP contribution in [0.3, 0.4) is 0 Å². The third-order valence-electron chi connectivity index (χ3n) is 4.53. The maximum atomic E-state index is 5.47. The molecule has 1 aliphatic rings. The molecule has 8 heteroatoms. The summed E-state index contributed by atoms with van der Waals surface area (Å²) in [7, 11) is 2.09. The van der Waals surface area contributed by atoms with Gasteiger partial charge in [-0.2, -0.15) is 11.3 Å². The van der Waals surface area contributed by atoms with E-state index in [1.807, 2.05) is 0 Å². The van der Waals surface area contributed by atoms with Crippen LogP contribution in [0, 0.1) is 5.92 Å². The van der Waals surface area contributed by atoms with Gasteiger partial charge in [-0.25, -0.2) is 0 Å². The Balaban J connectivity index is 1.58. The van der Waals surface area contributed by atoms with Crippen LogP contribution in [-0.2, 0) is 24.2 Å². The minimum Gasteiger partial charge on any atom is -0.381 e. The number of guanidine groups is 1. The van der Waals surface area contributed by atoms with Gasteiger partial charge in [0.1, 0.15) is 12.2 Å². The van der Waals surface area contributed by atoms with Crippen molar-refractivity contribution >= 4 is 17.3 Å². The van der Waals surface area contributed by atoms with Crippen molar-refractivity contribution in [2.45, 2.75) is 32.9 Å². The van der Waals surface area contributed by atoms with Gasteiger partial charge >= 0.3 is 0 Å². The van der Waals surface area contributed by atoms with Crippen LogP contribution in [0.5, 0.6) is 0 Å². The lowest BCUT2D eigenvalue weighted by atomic mass is 10.1. The molecule has 0 aliphatic carbocycles. The Labute approximate surface area is 159 Å². The fourth-order valence-electron chi connectivity index (χ4n) is 3.01. The van der Waals surface area contributed by atoms with Crippen molar-refractivity contribution in [3.63, 3.8) is 0 Å². The van der Waals surface area contributed by atoms with Crippen molar-refractivity contribution in [1.82, 2.24) is 25.0 Å². The topological polar surface area (TPSA) is 67.6 Å². The van der Waals surface area contributed by atoms with Crippen LogP contribution in [0.25, 0.3) is 0 Å². The van der Waals surface area contributed by atoms with Crippen LogP contribution < -0.4 is 5.32 Å². The lowest BCUT2D eigenvalue weighted by Crippen LogP contribution is -2.40. The normalized spacial score (nSPS) is 17.6. The first-order valence-corrected chi connectivity index (χ1v) is 10.2. The summed E-state index contributed by atoms with van der Waals surface area (Å²) in [5, 5.41) is 15.9. The summed E-state index contributed by atoms with van der Waals surface area (Å²) < 4.78 is 7.56. The lowest BCUT2D eigenvalue weighted by molar-refractivity contribution is 0.187. The number of ether oxygens (including phenoxy) is 1. The fraction of sp³-hybridized carbons (Fsp3) is 0.611. The molecule has 26 heavy (non-hydrogen) atoms. The molecule has 3 heterocycles. The molecule has 1 aliphatic heterocycles. The zero-order valence-electron chi connectivity index (χ0n) is 15.6. The molecule has 0 saturated carbocycles. The molecule has 0 amide bonds. The number of aliphatic imine (C=N–C) groups is 1. The SMILES string of the molecule is CCc1nncn1CCNC(=NCC1CCOC1)N(C)Cc1ccsc1. The Kier molecular flexibility index (Phi) is 7.02. The average Bonchev–Trinajstić information content (AvgIpc) is 3.39. The van der Waals surface area contributed by atoms with E-state index in [1.165, 1.54) is 5.56 Å². The molecule has 2 aromatic heterocycles. The van der Waals surface area contributed by atoms with E-state index < -0.39 is 0 Å². The number of hydrogen-bond acceptors (Lipinski definition) is 5. The summed E-state index contributed by atoms with van der Waals surface area (Å²) in [4.78, 5) is 7.05. The van der Waals surface area contributed by atoms with E-state index in [9.17, 15) is 0 Å². The molecule has 142 valence electrons. The van der Waals surface area contributed by atoms with Crippen molar-refractivity contribution in [2.75, 3.05) is 33.4 Å². The highest BCUT2D eigenvalue weighted by Gasteiger charge is 2.16. The number of rotatable bonds is 8. The van der Waals surface area contributed by atoms with Crippen LogP contribution >= 0.6 is 11.3 Å². The van der Waals surface area contributed by atoms with Crippen molar-refractivity contribution in [3.8, 4) is 0 Å². The van der Waals surface area contributed by atoms with Gasteiger partial charge in [-0.1, -0.05) is 6.92 Å². The van der Waals surface area contributed by atoms with E-state index >= 15 is 0 Å². The summed E-state index contributed by atoms with van der Waals surface area (Å²) in [6.07, 6.45) is 3.79. The maximum absolute atomic E-state index is 5.47. The highest BCUT2D eigenvalue weighted by molar-refractivity contribution is 7.07. The first-order valence-electron chi connectivity index (χ1n) is 9.21. The molecule has 3 rings (SSSR count). The molecule has 2 aromatic rings. The molecule has 1 atom stereocenters. The Hall–Kier alpha value is -1.93. The van der Waals surface area contributed by atoms with Crippen molar-refractivity contribution in [3.05, 3.63) is 34.5 Å². The quantitative estimate of drug-likeness (QED) is 0.564. The predicted octanol–water partition coefficient (Wildman–Crippen LogP) is 2.02. The zero-order valence-corrected chi connectivity index (χ0v) is 16.4. The van der Waals surface area contributed by atoms with E-state index in [0.717, 1.165) is 64.0 Å². The highest BCUT2D eigenvalue weighted by Crippen LogP contribution is 2.13. The third-order valence-corrected chi connectivity index (χ3v) is 5.26. The molecule has 1 unspecified atom stereocenters. The number of aryl methyl sites for hydroxylation is 1. The Morgan fingerprint density at radius 2 is 2.46 bits per heavy atom. The Morgan fingerprint density at radius 1 is 1.54 bits per heavy atom.